The molecule has 0 unspecified atom stereocenters. The van der Waals surface area contributed by atoms with Crippen molar-refractivity contribution in [3.63, 3.8) is 0 Å². The summed E-state index contributed by atoms with van der Waals surface area (Å²) in [5.74, 6) is 0. The Morgan fingerprint density at radius 1 is 0.700 bits per heavy atom. The normalized spacial score (nSPS) is 10.4. The van der Waals surface area contributed by atoms with Gasteiger partial charge in [-0.05, 0) is 24.3 Å². The minimum Gasteiger partial charge on any atom is -1.00 e. The van der Waals surface area contributed by atoms with Gasteiger partial charge >= 0.3 is 0 Å². The Morgan fingerprint density at radius 3 is 1.35 bits per heavy atom. The van der Waals surface area contributed by atoms with Crippen LogP contribution in [0.3, 0.4) is 0 Å². The number of halogens is 1. The van der Waals surface area contributed by atoms with Crippen LogP contribution in [-0.2, 0) is 0 Å². The number of benzene rings is 2. The molecule has 0 bridgehead atoms. The van der Waals surface area contributed by atoms with Gasteiger partial charge in [0.15, 0.2) is 0 Å². The van der Waals surface area contributed by atoms with Crippen molar-refractivity contribution in [1.82, 2.24) is 0 Å². The first-order chi connectivity index (χ1) is 9.33. The SMILES string of the molecule is C=CC[P+](CC=C)(c1ccccc1)c1ccccc1.[Cl-]. The highest BCUT2D eigenvalue weighted by Crippen LogP contribution is 2.56. The number of hydrogen-bond acceptors (Lipinski definition) is 0. The van der Waals surface area contributed by atoms with Crippen molar-refractivity contribution in [1.29, 1.82) is 0 Å². The van der Waals surface area contributed by atoms with Crippen LogP contribution < -0.4 is 23.0 Å². The summed E-state index contributed by atoms with van der Waals surface area (Å²) in [6.45, 7) is 7.94. The molecule has 0 aliphatic heterocycles. The van der Waals surface area contributed by atoms with Gasteiger partial charge in [0, 0.05) is 0 Å². The van der Waals surface area contributed by atoms with Crippen molar-refractivity contribution in [2.75, 3.05) is 12.3 Å². The van der Waals surface area contributed by atoms with Gasteiger partial charge in [-0.2, -0.15) is 0 Å². The Balaban J connectivity index is 0.00000200. The molecule has 0 N–H and O–H groups in total. The van der Waals surface area contributed by atoms with E-state index in [4.69, 9.17) is 0 Å². The third-order valence-electron chi connectivity index (χ3n) is 3.38. The van der Waals surface area contributed by atoms with E-state index in [-0.39, 0.29) is 12.4 Å². The molecule has 2 aromatic carbocycles. The molecule has 0 nitrogen and oxygen atoms in total. The molecule has 2 aromatic rings. The van der Waals surface area contributed by atoms with Gasteiger partial charge in [0.2, 0.25) is 0 Å². The first-order valence-electron chi connectivity index (χ1n) is 6.53. The zero-order valence-corrected chi connectivity index (χ0v) is 13.2. The molecule has 0 saturated carbocycles. The van der Waals surface area contributed by atoms with Crippen LogP contribution in [0, 0.1) is 0 Å². The molecule has 0 amide bonds. The zero-order valence-electron chi connectivity index (χ0n) is 11.6. The van der Waals surface area contributed by atoms with Crippen LogP contribution in [0.4, 0.5) is 0 Å². The Kier molecular flexibility index (Phi) is 6.71. The fourth-order valence-corrected chi connectivity index (χ4v) is 6.17. The van der Waals surface area contributed by atoms with Gasteiger partial charge in [-0.15, -0.1) is 0 Å². The number of allylic oxidation sites excluding steroid dienone is 2. The fourth-order valence-electron chi connectivity index (χ4n) is 2.51. The summed E-state index contributed by atoms with van der Waals surface area (Å²) >= 11 is 0. The molecule has 104 valence electrons. The molecule has 0 spiro atoms. The van der Waals surface area contributed by atoms with Gasteiger partial charge in [-0.25, -0.2) is 0 Å². The molecular formula is C18H20ClP. The Bertz CT molecular complexity index is 482. The van der Waals surface area contributed by atoms with E-state index >= 15 is 0 Å². The maximum atomic E-state index is 3.97. The molecule has 0 aromatic heterocycles. The van der Waals surface area contributed by atoms with Gasteiger partial charge in [-0.3, -0.25) is 0 Å². The zero-order chi connectivity index (χ0) is 13.6. The number of hydrogen-bond donors (Lipinski definition) is 0. The minimum atomic E-state index is -1.44. The molecule has 2 rings (SSSR count). The van der Waals surface area contributed by atoms with Gasteiger partial charge in [0.1, 0.15) is 0 Å². The predicted octanol–water partition coefficient (Wildman–Crippen LogP) is 1.03. The van der Waals surface area contributed by atoms with Crippen molar-refractivity contribution >= 4 is 17.9 Å². The summed E-state index contributed by atoms with van der Waals surface area (Å²) in [6.07, 6.45) is 6.15. The van der Waals surface area contributed by atoms with Crippen LogP contribution in [0.25, 0.3) is 0 Å². The summed E-state index contributed by atoms with van der Waals surface area (Å²) in [6, 6.07) is 21.6. The molecule has 0 fully saturated rings. The summed E-state index contributed by atoms with van der Waals surface area (Å²) in [4.78, 5) is 0. The largest absolute Gasteiger partial charge is 1.00 e. The van der Waals surface area contributed by atoms with Crippen molar-refractivity contribution in [2.24, 2.45) is 0 Å². The molecule has 0 radical (unpaired) electrons. The maximum absolute atomic E-state index is 3.97. The first-order valence-corrected chi connectivity index (χ1v) is 8.69. The second kappa shape index (κ2) is 8.04. The van der Waals surface area contributed by atoms with Gasteiger partial charge < -0.3 is 12.4 Å². The topological polar surface area (TPSA) is 0 Å². The van der Waals surface area contributed by atoms with Crippen LogP contribution in [-0.4, -0.2) is 12.3 Å². The third-order valence-corrected chi connectivity index (χ3v) is 7.72. The summed E-state index contributed by atoms with van der Waals surface area (Å²) in [7, 11) is -1.44. The molecule has 0 heterocycles. The monoisotopic (exact) mass is 302 g/mol. The van der Waals surface area contributed by atoms with Crippen LogP contribution in [0.15, 0.2) is 86.0 Å². The van der Waals surface area contributed by atoms with Crippen LogP contribution in [0.1, 0.15) is 0 Å². The summed E-state index contributed by atoms with van der Waals surface area (Å²) < 4.78 is 0. The first kappa shape index (κ1) is 16.7. The van der Waals surface area contributed by atoms with Gasteiger partial charge in [0.05, 0.1) is 30.2 Å². The van der Waals surface area contributed by atoms with E-state index in [1.165, 1.54) is 10.6 Å². The highest BCUT2D eigenvalue weighted by Gasteiger charge is 2.39. The fraction of sp³-hybridized carbons (Fsp3) is 0.111. The second-order valence-electron chi connectivity index (χ2n) is 4.58. The van der Waals surface area contributed by atoms with Crippen molar-refractivity contribution in [2.45, 2.75) is 0 Å². The van der Waals surface area contributed by atoms with Crippen LogP contribution in [0.5, 0.6) is 0 Å². The summed E-state index contributed by atoms with van der Waals surface area (Å²) in [5, 5.41) is 2.86. The highest BCUT2D eigenvalue weighted by molar-refractivity contribution is 7.89. The Hall–Kier alpha value is -1.36. The molecule has 0 saturated heterocycles. The smallest absolute Gasteiger partial charge is 0.0998 e. The third kappa shape index (κ3) is 3.39. The molecular weight excluding hydrogens is 283 g/mol. The summed E-state index contributed by atoms with van der Waals surface area (Å²) in [5.41, 5.74) is 0. The van der Waals surface area contributed by atoms with Crippen LogP contribution >= 0.6 is 7.26 Å². The van der Waals surface area contributed by atoms with E-state index in [0.717, 1.165) is 12.3 Å². The lowest BCUT2D eigenvalue weighted by atomic mass is 10.4. The standard InChI is InChI=1S/C18H20P.ClH/c1-3-15-19(16-4-2,17-11-7-5-8-12-17)18-13-9-6-10-14-18;/h3-14H,1-2,15-16H2;1H/q+1;/p-1. The van der Waals surface area contributed by atoms with E-state index in [2.05, 4.69) is 86.0 Å². The lowest BCUT2D eigenvalue weighted by Gasteiger charge is -2.25. The van der Waals surface area contributed by atoms with Crippen molar-refractivity contribution < 1.29 is 12.4 Å². The van der Waals surface area contributed by atoms with Crippen LogP contribution in [0.2, 0.25) is 0 Å². The van der Waals surface area contributed by atoms with E-state index < -0.39 is 7.26 Å². The Morgan fingerprint density at radius 2 is 1.05 bits per heavy atom. The predicted molar refractivity (Wildman–Crippen MR) is 89.2 cm³/mol. The van der Waals surface area contributed by atoms with Gasteiger partial charge in [0.25, 0.3) is 0 Å². The van der Waals surface area contributed by atoms with Crippen molar-refractivity contribution in [3.05, 3.63) is 86.0 Å². The van der Waals surface area contributed by atoms with Gasteiger partial charge in [-0.1, -0.05) is 61.7 Å². The maximum Gasteiger partial charge on any atom is 0.0998 e. The lowest BCUT2D eigenvalue weighted by Crippen LogP contribution is -3.00. The molecule has 0 aliphatic carbocycles. The lowest BCUT2D eigenvalue weighted by molar-refractivity contribution is -0.00000377. The van der Waals surface area contributed by atoms with Crippen molar-refractivity contribution in [3.8, 4) is 0 Å². The molecule has 0 aliphatic rings. The van der Waals surface area contributed by atoms with E-state index in [9.17, 15) is 0 Å². The minimum absolute atomic E-state index is 0. The quantitative estimate of drug-likeness (QED) is 0.552. The average Bonchev–Trinajstić information content (AvgIpc) is 2.49. The highest BCUT2D eigenvalue weighted by atomic mass is 35.5. The molecule has 2 heteroatoms. The second-order valence-corrected chi connectivity index (χ2v) is 8.28. The van der Waals surface area contributed by atoms with E-state index in [1.807, 2.05) is 0 Å². The molecule has 0 atom stereocenters. The van der Waals surface area contributed by atoms with E-state index in [0.29, 0.717) is 0 Å². The van der Waals surface area contributed by atoms with E-state index in [1.54, 1.807) is 0 Å². The average molecular weight is 303 g/mol. The molecule has 20 heavy (non-hydrogen) atoms. The Labute approximate surface area is 129 Å². The number of rotatable bonds is 6.